The topological polar surface area (TPSA) is 76.8 Å². The van der Waals surface area contributed by atoms with Gasteiger partial charge in [-0.15, -0.1) is 5.10 Å². The van der Waals surface area contributed by atoms with Crippen LogP contribution in [0.1, 0.15) is 31.3 Å². The molecule has 0 fully saturated rings. The Balaban J connectivity index is 2.30. The van der Waals surface area contributed by atoms with Crippen LogP contribution in [0, 0.1) is 5.92 Å². The first-order valence-corrected chi connectivity index (χ1v) is 7.17. The molecule has 0 spiro atoms. The van der Waals surface area contributed by atoms with E-state index in [9.17, 15) is 9.59 Å². The predicted octanol–water partition coefficient (Wildman–Crippen LogP) is 1.57. The Morgan fingerprint density at radius 3 is 2.77 bits per heavy atom. The number of hydrogen-bond donors (Lipinski definition) is 0. The molecule has 22 heavy (non-hydrogen) atoms. The first-order valence-electron chi connectivity index (χ1n) is 7.17. The first-order chi connectivity index (χ1) is 10.4. The molecule has 0 saturated carbocycles. The van der Waals surface area contributed by atoms with Gasteiger partial charge in [0, 0.05) is 19.5 Å². The van der Waals surface area contributed by atoms with E-state index >= 15 is 0 Å². The minimum atomic E-state index is -0.459. The van der Waals surface area contributed by atoms with Crippen molar-refractivity contribution < 1.29 is 14.3 Å². The number of carbonyl (C=O) groups excluding carboxylic acids is 2. The van der Waals surface area contributed by atoms with Crippen LogP contribution in [0.25, 0.3) is 5.65 Å². The van der Waals surface area contributed by atoms with Crippen LogP contribution >= 0.6 is 0 Å². The van der Waals surface area contributed by atoms with E-state index in [1.165, 1.54) is 10.7 Å². The lowest BCUT2D eigenvalue weighted by Gasteiger charge is -2.21. The van der Waals surface area contributed by atoms with Gasteiger partial charge >= 0.3 is 5.97 Å². The number of Topliss-reactive ketones (excluding diaryl/α,β-unsaturated/α-hetero) is 1. The Labute approximate surface area is 128 Å². The molecule has 0 aromatic carbocycles. The van der Waals surface area contributed by atoms with Crippen LogP contribution in [0.2, 0.25) is 0 Å². The fraction of sp³-hybridized carbons (Fsp3) is 0.467. The van der Waals surface area contributed by atoms with E-state index in [0.717, 1.165) is 0 Å². The number of carbonyl (C=O) groups is 2. The van der Waals surface area contributed by atoms with Gasteiger partial charge in [0.2, 0.25) is 0 Å². The lowest BCUT2D eigenvalue weighted by molar-refractivity contribution is -0.119. The molecule has 2 heterocycles. The maximum absolute atomic E-state index is 11.9. The van der Waals surface area contributed by atoms with Gasteiger partial charge in [0.25, 0.3) is 0 Å². The van der Waals surface area contributed by atoms with Gasteiger partial charge in [-0.25, -0.2) is 14.3 Å². The summed E-state index contributed by atoms with van der Waals surface area (Å²) in [4.78, 5) is 29.3. The van der Waals surface area contributed by atoms with Gasteiger partial charge < -0.3 is 9.64 Å². The SMILES string of the molecule is CCOC(=O)c1cnc2ccc(N(C)CC(C)C(C)=O)nn12. The maximum atomic E-state index is 11.9. The number of anilines is 1. The van der Waals surface area contributed by atoms with Crippen molar-refractivity contribution >= 4 is 23.2 Å². The highest BCUT2D eigenvalue weighted by Crippen LogP contribution is 2.14. The fourth-order valence-corrected chi connectivity index (χ4v) is 2.04. The summed E-state index contributed by atoms with van der Waals surface area (Å²) in [5.74, 6) is 0.237. The molecule has 7 heteroatoms. The summed E-state index contributed by atoms with van der Waals surface area (Å²) >= 11 is 0. The second-order valence-corrected chi connectivity index (χ2v) is 5.22. The smallest absolute Gasteiger partial charge is 0.358 e. The first kappa shape index (κ1) is 15.9. The van der Waals surface area contributed by atoms with Gasteiger partial charge in [-0.05, 0) is 26.0 Å². The zero-order valence-corrected chi connectivity index (χ0v) is 13.2. The second kappa shape index (κ2) is 6.55. The third-order valence-corrected chi connectivity index (χ3v) is 3.47. The molecule has 2 rings (SSSR count). The Kier molecular flexibility index (Phi) is 4.75. The van der Waals surface area contributed by atoms with Crippen molar-refractivity contribution in [3.8, 4) is 0 Å². The summed E-state index contributed by atoms with van der Waals surface area (Å²) < 4.78 is 6.45. The number of imidazole rings is 1. The maximum Gasteiger partial charge on any atom is 0.358 e. The summed E-state index contributed by atoms with van der Waals surface area (Å²) in [5.41, 5.74) is 0.853. The molecule has 0 aliphatic rings. The van der Waals surface area contributed by atoms with Crippen molar-refractivity contribution in [2.24, 2.45) is 5.92 Å². The average molecular weight is 304 g/mol. The Morgan fingerprint density at radius 1 is 1.41 bits per heavy atom. The van der Waals surface area contributed by atoms with Gasteiger partial charge in [0.1, 0.15) is 11.6 Å². The molecule has 118 valence electrons. The predicted molar refractivity (Wildman–Crippen MR) is 82.1 cm³/mol. The van der Waals surface area contributed by atoms with Crippen LogP contribution in [-0.4, -0.2) is 46.5 Å². The summed E-state index contributed by atoms with van der Waals surface area (Å²) in [6.07, 6.45) is 1.45. The second-order valence-electron chi connectivity index (χ2n) is 5.22. The zero-order valence-electron chi connectivity index (χ0n) is 13.2. The highest BCUT2D eigenvalue weighted by molar-refractivity contribution is 5.88. The number of rotatable bonds is 6. The van der Waals surface area contributed by atoms with Crippen LogP contribution in [-0.2, 0) is 9.53 Å². The summed E-state index contributed by atoms with van der Waals surface area (Å²) in [6, 6.07) is 3.59. The molecule has 0 radical (unpaired) electrons. The molecule has 7 nitrogen and oxygen atoms in total. The lowest BCUT2D eigenvalue weighted by Crippen LogP contribution is -2.28. The average Bonchev–Trinajstić information content (AvgIpc) is 2.90. The van der Waals surface area contributed by atoms with E-state index in [0.29, 0.717) is 24.6 Å². The van der Waals surface area contributed by atoms with Gasteiger partial charge in [-0.2, -0.15) is 0 Å². The van der Waals surface area contributed by atoms with Crippen molar-refractivity contribution in [1.82, 2.24) is 14.6 Å². The van der Waals surface area contributed by atoms with E-state index in [4.69, 9.17) is 4.74 Å². The monoisotopic (exact) mass is 304 g/mol. The van der Waals surface area contributed by atoms with Crippen LogP contribution in [0.5, 0.6) is 0 Å². The highest BCUT2D eigenvalue weighted by Gasteiger charge is 2.17. The third kappa shape index (κ3) is 3.24. The van der Waals surface area contributed by atoms with E-state index in [2.05, 4.69) is 10.1 Å². The van der Waals surface area contributed by atoms with Crippen molar-refractivity contribution in [3.63, 3.8) is 0 Å². The molecule has 1 atom stereocenters. The zero-order chi connectivity index (χ0) is 16.3. The number of esters is 1. The van der Waals surface area contributed by atoms with E-state index in [1.54, 1.807) is 19.9 Å². The van der Waals surface area contributed by atoms with Gasteiger partial charge in [0.15, 0.2) is 11.3 Å². The lowest BCUT2D eigenvalue weighted by atomic mass is 10.1. The van der Waals surface area contributed by atoms with Gasteiger partial charge in [-0.1, -0.05) is 6.92 Å². The molecule has 0 saturated heterocycles. The standard InChI is InChI=1S/C15H20N4O3/c1-5-22-15(21)12-8-16-13-6-7-14(17-19(12)13)18(4)9-10(2)11(3)20/h6-8,10H,5,9H2,1-4H3. The summed E-state index contributed by atoms with van der Waals surface area (Å²) in [6.45, 7) is 6.04. The number of ether oxygens (including phenoxy) is 1. The Hall–Kier alpha value is -2.44. The summed E-state index contributed by atoms with van der Waals surface area (Å²) in [5, 5.41) is 4.42. The van der Waals surface area contributed by atoms with E-state index in [-0.39, 0.29) is 17.4 Å². The number of hydrogen-bond acceptors (Lipinski definition) is 6. The Bertz CT molecular complexity index is 695. The Morgan fingerprint density at radius 2 is 2.14 bits per heavy atom. The molecule has 0 bridgehead atoms. The molecule has 0 aliphatic carbocycles. The quantitative estimate of drug-likeness (QED) is 0.754. The summed E-state index contributed by atoms with van der Waals surface area (Å²) in [7, 11) is 1.86. The molecule has 0 amide bonds. The van der Waals surface area contributed by atoms with Crippen LogP contribution < -0.4 is 4.90 Å². The van der Waals surface area contributed by atoms with Crippen LogP contribution in [0.3, 0.4) is 0 Å². The normalized spacial score (nSPS) is 12.2. The number of ketones is 1. The van der Waals surface area contributed by atoms with Crippen molar-refractivity contribution in [3.05, 3.63) is 24.0 Å². The van der Waals surface area contributed by atoms with Crippen molar-refractivity contribution in [1.29, 1.82) is 0 Å². The molecule has 2 aromatic rings. The largest absolute Gasteiger partial charge is 0.461 e. The van der Waals surface area contributed by atoms with Crippen molar-refractivity contribution in [2.45, 2.75) is 20.8 Å². The fourth-order valence-electron chi connectivity index (χ4n) is 2.04. The number of nitrogens with zero attached hydrogens (tertiary/aromatic N) is 4. The third-order valence-electron chi connectivity index (χ3n) is 3.47. The molecule has 2 aromatic heterocycles. The molecule has 1 unspecified atom stereocenters. The van der Waals surface area contributed by atoms with Crippen LogP contribution in [0.4, 0.5) is 5.82 Å². The van der Waals surface area contributed by atoms with Gasteiger partial charge in [0.05, 0.1) is 12.8 Å². The number of aromatic nitrogens is 3. The molecular weight excluding hydrogens is 284 g/mol. The molecular formula is C15H20N4O3. The molecule has 0 N–H and O–H groups in total. The highest BCUT2D eigenvalue weighted by atomic mass is 16.5. The number of fused-ring (bicyclic) bond motifs is 1. The molecule has 0 aliphatic heterocycles. The van der Waals surface area contributed by atoms with Crippen molar-refractivity contribution in [2.75, 3.05) is 25.1 Å². The van der Waals surface area contributed by atoms with E-state index in [1.807, 2.05) is 24.9 Å². The minimum Gasteiger partial charge on any atom is -0.461 e. The van der Waals surface area contributed by atoms with E-state index < -0.39 is 5.97 Å². The minimum absolute atomic E-state index is 0.0881. The van der Waals surface area contributed by atoms with Crippen LogP contribution in [0.15, 0.2) is 18.3 Å². The van der Waals surface area contributed by atoms with Gasteiger partial charge in [-0.3, -0.25) is 4.79 Å².